The summed E-state index contributed by atoms with van der Waals surface area (Å²) < 4.78 is 117. The lowest BCUT2D eigenvalue weighted by Crippen LogP contribution is -2.50. The van der Waals surface area contributed by atoms with Crippen LogP contribution in [0.2, 0.25) is 10.0 Å². The molecule has 3 rings (SSSR count). The van der Waals surface area contributed by atoms with Crippen LogP contribution < -0.4 is 5.32 Å². The van der Waals surface area contributed by atoms with Crippen molar-refractivity contribution in [3.63, 3.8) is 0 Å². The summed E-state index contributed by atoms with van der Waals surface area (Å²) in [6.45, 7) is 1.24. The third-order valence-electron chi connectivity index (χ3n) is 4.80. The van der Waals surface area contributed by atoms with Gasteiger partial charge in [0.25, 0.3) is 5.91 Å². The molecule has 1 N–H and O–H groups in total. The summed E-state index contributed by atoms with van der Waals surface area (Å²) >= 11 is 10.3. The van der Waals surface area contributed by atoms with Gasteiger partial charge in [-0.2, -0.15) is 31.0 Å². The van der Waals surface area contributed by atoms with E-state index in [1.54, 1.807) is 0 Å². The quantitative estimate of drug-likeness (QED) is 0.259. The highest BCUT2D eigenvalue weighted by Crippen LogP contribution is 2.55. The van der Waals surface area contributed by atoms with Gasteiger partial charge in [-0.05, 0) is 49.0 Å². The zero-order chi connectivity index (χ0) is 29.6. The molecular weight excluding hydrogens is 626 g/mol. The van der Waals surface area contributed by atoms with Crippen LogP contribution in [0.4, 0.5) is 30.7 Å². The van der Waals surface area contributed by atoms with Gasteiger partial charge in [0, 0.05) is 23.0 Å². The first-order valence-electron chi connectivity index (χ1n) is 10.1. The van der Waals surface area contributed by atoms with Gasteiger partial charge in [0.15, 0.2) is 21.5 Å². The second-order valence-electron chi connectivity index (χ2n) is 7.83. The third kappa shape index (κ3) is 6.75. The summed E-state index contributed by atoms with van der Waals surface area (Å²) in [6.07, 6.45) is -10.8. The molecule has 0 aliphatic heterocycles. The van der Waals surface area contributed by atoms with E-state index < -0.39 is 61.9 Å². The van der Waals surface area contributed by atoms with Crippen LogP contribution in [0.5, 0.6) is 0 Å². The van der Waals surface area contributed by atoms with Crippen LogP contribution in [0.3, 0.4) is 0 Å². The van der Waals surface area contributed by atoms with E-state index in [1.165, 1.54) is 19.1 Å². The van der Waals surface area contributed by atoms with Gasteiger partial charge >= 0.3 is 17.4 Å². The first-order valence-corrected chi connectivity index (χ1v) is 13.6. The molecule has 1 atom stereocenters. The Morgan fingerprint density at radius 1 is 1.03 bits per heavy atom. The fourth-order valence-electron chi connectivity index (χ4n) is 2.94. The standard InChI is InChI=1S/C20H14Cl2F7N5O3S2/c1-9(31-16(35)10-5-12(22)7-13(6-10)39(2,36)37)15-32-17(33-34(15)14-4-3-11(21)8-30-14)38-18(23,19(24,25)26)20(27,28)29/h3-9H,1-2H3,(H,31,35). The lowest BCUT2D eigenvalue weighted by atomic mass is 10.2. The predicted molar refractivity (Wildman–Crippen MR) is 126 cm³/mol. The molecule has 19 heteroatoms. The Bertz CT molecular complexity index is 1480. The molecule has 0 aliphatic rings. The van der Waals surface area contributed by atoms with Crippen molar-refractivity contribution < 1.29 is 43.9 Å². The summed E-state index contributed by atoms with van der Waals surface area (Å²) in [7, 11) is -3.78. The number of nitrogens with one attached hydrogen (secondary N) is 1. The van der Waals surface area contributed by atoms with Gasteiger partial charge in [0.1, 0.15) is 0 Å². The maximum absolute atomic E-state index is 14.4. The largest absolute Gasteiger partial charge is 0.442 e. The van der Waals surface area contributed by atoms with Crippen molar-refractivity contribution in [3.8, 4) is 5.82 Å². The van der Waals surface area contributed by atoms with E-state index >= 15 is 0 Å². The topological polar surface area (TPSA) is 107 Å². The summed E-state index contributed by atoms with van der Waals surface area (Å²) in [5.41, 5.74) is -0.239. The number of carbonyl (C=O) groups excluding carboxylic acids is 1. The number of alkyl halides is 7. The number of thioether (sulfide) groups is 1. The maximum Gasteiger partial charge on any atom is 0.442 e. The highest BCUT2D eigenvalue weighted by atomic mass is 35.5. The Hall–Kier alpha value is -2.63. The van der Waals surface area contributed by atoms with E-state index in [0.29, 0.717) is 4.68 Å². The number of pyridine rings is 1. The van der Waals surface area contributed by atoms with Crippen LogP contribution in [0.1, 0.15) is 29.1 Å². The van der Waals surface area contributed by atoms with Gasteiger partial charge in [-0.3, -0.25) is 4.79 Å². The Labute approximate surface area is 229 Å². The van der Waals surface area contributed by atoms with Crippen LogP contribution in [0, 0.1) is 0 Å². The summed E-state index contributed by atoms with van der Waals surface area (Å²) in [5.74, 6) is -1.58. The number of benzene rings is 1. The predicted octanol–water partition coefficient (Wildman–Crippen LogP) is 5.75. The van der Waals surface area contributed by atoms with Crippen molar-refractivity contribution in [2.75, 3.05) is 6.26 Å². The number of halogens is 9. The number of rotatable bonds is 7. The van der Waals surface area contributed by atoms with E-state index in [-0.39, 0.29) is 26.3 Å². The average Bonchev–Trinajstić information content (AvgIpc) is 3.20. The van der Waals surface area contributed by atoms with Crippen LogP contribution in [-0.4, -0.2) is 57.7 Å². The van der Waals surface area contributed by atoms with Crippen molar-refractivity contribution in [2.24, 2.45) is 0 Å². The molecule has 0 spiro atoms. The van der Waals surface area contributed by atoms with Gasteiger partial charge in [-0.15, -0.1) is 5.10 Å². The van der Waals surface area contributed by atoms with E-state index in [2.05, 4.69) is 20.4 Å². The van der Waals surface area contributed by atoms with Crippen molar-refractivity contribution in [2.45, 2.75) is 40.4 Å². The lowest BCUT2D eigenvalue weighted by molar-refractivity contribution is -0.302. The Morgan fingerprint density at radius 3 is 2.15 bits per heavy atom. The van der Waals surface area contributed by atoms with Gasteiger partial charge < -0.3 is 5.32 Å². The number of amides is 1. The highest BCUT2D eigenvalue weighted by Gasteiger charge is 2.74. The number of sulfone groups is 1. The van der Waals surface area contributed by atoms with Crippen LogP contribution >= 0.6 is 35.0 Å². The van der Waals surface area contributed by atoms with Crippen LogP contribution in [0.15, 0.2) is 46.6 Å². The van der Waals surface area contributed by atoms with E-state index in [9.17, 15) is 43.9 Å². The molecule has 2 heterocycles. The maximum atomic E-state index is 14.4. The molecule has 8 nitrogen and oxygen atoms in total. The molecule has 2 aromatic heterocycles. The molecule has 0 aliphatic carbocycles. The zero-order valence-electron chi connectivity index (χ0n) is 19.3. The average molecular weight is 640 g/mol. The molecule has 212 valence electrons. The van der Waals surface area contributed by atoms with E-state index in [4.69, 9.17) is 23.2 Å². The van der Waals surface area contributed by atoms with Gasteiger partial charge in [-0.1, -0.05) is 23.2 Å². The van der Waals surface area contributed by atoms with Crippen molar-refractivity contribution in [1.82, 2.24) is 25.1 Å². The number of aromatic nitrogens is 4. The molecule has 0 bridgehead atoms. The molecule has 1 unspecified atom stereocenters. The molecule has 0 radical (unpaired) electrons. The second kappa shape index (κ2) is 10.7. The number of carbonyl (C=O) groups is 1. The summed E-state index contributed by atoms with van der Waals surface area (Å²) in [6, 6.07) is 4.37. The molecule has 0 saturated carbocycles. The smallest absolute Gasteiger partial charge is 0.342 e. The van der Waals surface area contributed by atoms with Crippen LogP contribution in [-0.2, 0) is 9.84 Å². The monoisotopic (exact) mass is 639 g/mol. The van der Waals surface area contributed by atoms with Crippen molar-refractivity contribution >= 4 is 50.7 Å². The molecule has 3 aromatic rings. The molecule has 0 fully saturated rings. The van der Waals surface area contributed by atoms with Gasteiger partial charge in [-0.25, -0.2) is 22.8 Å². The van der Waals surface area contributed by atoms with Crippen LogP contribution in [0.25, 0.3) is 5.82 Å². The van der Waals surface area contributed by atoms with E-state index in [1.807, 2.05) is 0 Å². The summed E-state index contributed by atoms with van der Waals surface area (Å²) in [5, 5.41) is -1.11. The number of hydrogen-bond acceptors (Lipinski definition) is 7. The zero-order valence-corrected chi connectivity index (χ0v) is 22.4. The first kappa shape index (κ1) is 30.9. The fourth-order valence-corrected chi connectivity index (χ4v) is 4.78. The van der Waals surface area contributed by atoms with Gasteiger partial charge in [0.2, 0.25) is 5.16 Å². The number of nitrogens with zero attached hydrogens (tertiary/aromatic N) is 4. The molecule has 1 amide bonds. The minimum absolute atomic E-state index is 0.110. The first-order chi connectivity index (χ1) is 17.7. The number of hydrogen-bond donors (Lipinski definition) is 1. The van der Waals surface area contributed by atoms with Gasteiger partial charge in [0.05, 0.1) is 16.0 Å². The molecule has 39 heavy (non-hydrogen) atoms. The Kier molecular flexibility index (Phi) is 8.51. The SMILES string of the molecule is CC(NC(=O)c1cc(Cl)cc(S(C)(=O)=O)c1)c1nc(SC(F)(C(F)(F)F)C(F)(F)F)nn1-c1ccc(Cl)cn1. The minimum Gasteiger partial charge on any atom is -0.342 e. The molecule has 1 aromatic carbocycles. The normalized spacial score (nSPS) is 13.8. The van der Waals surface area contributed by atoms with Crippen molar-refractivity contribution in [3.05, 3.63) is 58.0 Å². The fraction of sp³-hybridized carbons (Fsp3) is 0.300. The highest BCUT2D eigenvalue weighted by molar-refractivity contribution is 8.00. The Balaban J connectivity index is 2.05. The van der Waals surface area contributed by atoms with E-state index in [0.717, 1.165) is 30.7 Å². The molecule has 0 saturated heterocycles. The molecular formula is C20H14Cl2F7N5O3S2. The lowest BCUT2D eigenvalue weighted by Gasteiger charge is -2.27. The summed E-state index contributed by atoms with van der Waals surface area (Å²) in [4.78, 5) is 20.0. The van der Waals surface area contributed by atoms with Crippen molar-refractivity contribution in [1.29, 1.82) is 0 Å². The Morgan fingerprint density at radius 2 is 1.64 bits per heavy atom. The third-order valence-corrected chi connectivity index (χ3v) is 7.43. The second-order valence-corrected chi connectivity index (χ2v) is 11.9. The minimum atomic E-state index is -6.39.